The lowest BCUT2D eigenvalue weighted by Crippen LogP contribution is -2.42. The standard InChI is InChI=1S/C14H23N3O/c1-11(2)17(10-12-6-4-8-15-12)14-13(18-3)7-5-9-16-14/h5,7,9,11-12,15H,4,6,8,10H2,1-3H3. The molecule has 0 saturated carbocycles. The van der Waals surface area contributed by atoms with E-state index < -0.39 is 0 Å². The Balaban J connectivity index is 2.17. The van der Waals surface area contributed by atoms with Crippen LogP contribution in [0.25, 0.3) is 0 Å². The van der Waals surface area contributed by atoms with Gasteiger partial charge in [-0.05, 0) is 45.4 Å². The molecule has 1 atom stereocenters. The van der Waals surface area contributed by atoms with Crippen molar-refractivity contribution in [3.63, 3.8) is 0 Å². The zero-order valence-electron chi connectivity index (χ0n) is 11.5. The second kappa shape index (κ2) is 6.05. The molecule has 2 rings (SSSR count). The predicted octanol–water partition coefficient (Wildman–Crippen LogP) is 2.06. The van der Waals surface area contributed by atoms with Crippen molar-refractivity contribution in [3.05, 3.63) is 18.3 Å². The Morgan fingerprint density at radius 1 is 1.56 bits per heavy atom. The van der Waals surface area contributed by atoms with Gasteiger partial charge >= 0.3 is 0 Å². The van der Waals surface area contributed by atoms with Crippen molar-refractivity contribution in [3.8, 4) is 5.75 Å². The van der Waals surface area contributed by atoms with Gasteiger partial charge in [-0.15, -0.1) is 0 Å². The van der Waals surface area contributed by atoms with Gasteiger partial charge in [0.25, 0.3) is 0 Å². The fourth-order valence-electron chi connectivity index (χ4n) is 2.45. The van der Waals surface area contributed by atoms with Crippen molar-refractivity contribution in [2.24, 2.45) is 0 Å². The zero-order valence-corrected chi connectivity index (χ0v) is 11.5. The summed E-state index contributed by atoms with van der Waals surface area (Å²) in [5, 5.41) is 3.54. The van der Waals surface area contributed by atoms with Gasteiger partial charge in [-0.1, -0.05) is 0 Å². The predicted molar refractivity (Wildman–Crippen MR) is 74.3 cm³/mol. The molecule has 1 aliphatic rings. The minimum atomic E-state index is 0.413. The first kappa shape index (κ1) is 13.1. The SMILES string of the molecule is COc1cccnc1N(CC1CCCN1)C(C)C. The van der Waals surface area contributed by atoms with Crippen LogP contribution in [0.2, 0.25) is 0 Å². The molecular weight excluding hydrogens is 226 g/mol. The van der Waals surface area contributed by atoms with Crippen LogP contribution in [-0.4, -0.2) is 37.3 Å². The van der Waals surface area contributed by atoms with Crippen molar-refractivity contribution in [2.45, 2.75) is 38.8 Å². The number of pyridine rings is 1. The molecule has 0 aromatic carbocycles. The lowest BCUT2D eigenvalue weighted by atomic mass is 10.2. The highest BCUT2D eigenvalue weighted by atomic mass is 16.5. The summed E-state index contributed by atoms with van der Waals surface area (Å²) in [6, 6.07) is 4.87. The number of nitrogens with zero attached hydrogens (tertiary/aromatic N) is 2. The highest BCUT2D eigenvalue weighted by Crippen LogP contribution is 2.27. The molecule has 1 saturated heterocycles. The van der Waals surface area contributed by atoms with Crippen LogP contribution >= 0.6 is 0 Å². The van der Waals surface area contributed by atoms with Crippen molar-refractivity contribution in [2.75, 3.05) is 25.1 Å². The van der Waals surface area contributed by atoms with Gasteiger partial charge in [0, 0.05) is 24.8 Å². The highest BCUT2D eigenvalue weighted by Gasteiger charge is 2.22. The van der Waals surface area contributed by atoms with E-state index in [1.165, 1.54) is 12.8 Å². The summed E-state index contributed by atoms with van der Waals surface area (Å²) < 4.78 is 5.42. The van der Waals surface area contributed by atoms with Gasteiger partial charge in [-0.25, -0.2) is 4.98 Å². The molecule has 4 heteroatoms. The molecule has 1 N–H and O–H groups in total. The van der Waals surface area contributed by atoms with Crippen LogP contribution in [0, 0.1) is 0 Å². The summed E-state index contributed by atoms with van der Waals surface area (Å²) in [6.07, 6.45) is 4.35. The van der Waals surface area contributed by atoms with E-state index in [1.807, 2.05) is 18.3 Å². The van der Waals surface area contributed by atoms with E-state index in [0.29, 0.717) is 12.1 Å². The van der Waals surface area contributed by atoms with E-state index in [2.05, 4.69) is 29.0 Å². The monoisotopic (exact) mass is 249 g/mol. The number of aromatic nitrogens is 1. The normalized spacial score (nSPS) is 19.2. The second-order valence-corrected chi connectivity index (χ2v) is 5.07. The van der Waals surface area contributed by atoms with Crippen LogP contribution in [-0.2, 0) is 0 Å². The Morgan fingerprint density at radius 2 is 2.39 bits per heavy atom. The Morgan fingerprint density at radius 3 is 3.00 bits per heavy atom. The molecule has 0 amide bonds. The van der Waals surface area contributed by atoms with E-state index in [4.69, 9.17) is 4.74 Å². The van der Waals surface area contributed by atoms with Crippen molar-refractivity contribution < 1.29 is 4.74 Å². The smallest absolute Gasteiger partial charge is 0.171 e. The van der Waals surface area contributed by atoms with E-state index >= 15 is 0 Å². The lowest BCUT2D eigenvalue weighted by molar-refractivity contribution is 0.409. The second-order valence-electron chi connectivity index (χ2n) is 5.07. The molecule has 1 aromatic rings. The molecule has 0 spiro atoms. The zero-order chi connectivity index (χ0) is 13.0. The third kappa shape index (κ3) is 2.93. The number of methoxy groups -OCH3 is 1. The molecule has 0 bridgehead atoms. The van der Waals surface area contributed by atoms with E-state index in [0.717, 1.165) is 24.7 Å². The molecule has 1 aliphatic heterocycles. The molecular formula is C14H23N3O. The molecule has 2 heterocycles. The van der Waals surface area contributed by atoms with Gasteiger partial charge in [0.15, 0.2) is 11.6 Å². The molecule has 0 aliphatic carbocycles. The van der Waals surface area contributed by atoms with Crippen LogP contribution in [0.3, 0.4) is 0 Å². The average Bonchev–Trinajstić information content (AvgIpc) is 2.88. The van der Waals surface area contributed by atoms with Gasteiger partial charge in [0.1, 0.15) is 0 Å². The first-order valence-electron chi connectivity index (χ1n) is 6.71. The lowest BCUT2D eigenvalue weighted by Gasteiger charge is -2.31. The summed E-state index contributed by atoms with van der Waals surface area (Å²) in [5.74, 6) is 1.80. The van der Waals surface area contributed by atoms with E-state index in [1.54, 1.807) is 7.11 Å². The van der Waals surface area contributed by atoms with E-state index in [9.17, 15) is 0 Å². The maximum Gasteiger partial charge on any atom is 0.171 e. The third-order valence-corrected chi connectivity index (χ3v) is 3.45. The Kier molecular flexibility index (Phi) is 4.42. The molecule has 18 heavy (non-hydrogen) atoms. The number of nitrogens with one attached hydrogen (secondary N) is 1. The minimum Gasteiger partial charge on any atom is -0.493 e. The van der Waals surface area contributed by atoms with E-state index in [-0.39, 0.29) is 0 Å². The molecule has 1 unspecified atom stereocenters. The molecule has 100 valence electrons. The quantitative estimate of drug-likeness (QED) is 0.866. The number of ether oxygens (including phenoxy) is 1. The Labute approximate surface area is 109 Å². The first-order chi connectivity index (χ1) is 8.72. The van der Waals surface area contributed by atoms with Crippen LogP contribution < -0.4 is 15.0 Å². The first-order valence-corrected chi connectivity index (χ1v) is 6.71. The van der Waals surface area contributed by atoms with Gasteiger partial charge in [-0.2, -0.15) is 0 Å². The van der Waals surface area contributed by atoms with Gasteiger partial charge in [0.2, 0.25) is 0 Å². The Hall–Kier alpha value is -1.29. The summed E-state index contributed by atoms with van der Waals surface area (Å²) in [5.41, 5.74) is 0. The molecule has 1 fully saturated rings. The third-order valence-electron chi connectivity index (χ3n) is 3.45. The topological polar surface area (TPSA) is 37.4 Å². The van der Waals surface area contributed by atoms with Gasteiger partial charge in [0.05, 0.1) is 7.11 Å². The van der Waals surface area contributed by atoms with Crippen LogP contribution in [0.15, 0.2) is 18.3 Å². The van der Waals surface area contributed by atoms with Gasteiger partial charge < -0.3 is 15.0 Å². The molecule has 1 aromatic heterocycles. The maximum atomic E-state index is 5.42. The number of hydrogen-bond donors (Lipinski definition) is 1. The molecule has 4 nitrogen and oxygen atoms in total. The summed E-state index contributed by atoms with van der Waals surface area (Å²) in [7, 11) is 1.70. The van der Waals surface area contributed by atoms with Crippen LogP contribution in [0.5, 0.6) is 5.75 Å². The largest absolute Gasteiger partial charge is 0.493 e. The fraction of sp³-hybridized carbons (Fsp3) is 0.643. The van der Waals surface area contributed by atoms with Crippen LogP contribution in [0.1, 0.15) is 26.7 Å². The number of anilines is 1. The average molecular weight is 249 g/mol. The van der Waals surface area contributed by atoms with Crippen LogP contribution in [0.4, 0.5) is 5.82 Å². The number of hydrogen-bond acceptors (Lipinski definition) is 4. The minimum absolute atomic E-state index is 0.413. The maximum absolute atomic E-state index is 5.42. The highest BCUT2D eigenvalue weighted by molar-refractivity contribution is 5.52. The summed E-state index contributed by atoms with van der Waals surface area (Å²) in [6.45, 7) is 6.52. The number of rotatable bonds is 5. The molecule has 0 radical (unpaired) electrons. The van der Waals surface area contributed by atoms with Gasteiger partial charge in [-0.3, -0.25) is 0 Å². The fourth-order valence-corrected chi connectivity index (χ4v) is 2.45. The van der Waals surface area contributed by atoms with Crippen molar-refractivity contribution in [1.29, 1.82) is 0 Å². The summed E-state index contributed by atoms with van der Waals surface area (Å²) >= 11 is 0. The Bertz CT molecular complexity index is 375. The summed E-state index contributed by atoms with van der Waals surface area (Å²) in [4.78, 5) is 6.81. The van der Waals surface area contributed by atoms with Crippen molar-refractivity contribution >= 4 is 5.82 Å². The van der Waals surface area contributed by atoms with Crippen molar-refractivity contribution in [1.82, 2.24) is 10.3 Å².